The molecule has 1 saturated heterocycles. The van der Waals surface area contributed by atoms with Crippen LogP contribution in [0.25, 0.3) is 6.08 Å². The molecule has 0 aromatic heterocycles. The maximum atomic E-state index is 13.8. The molecule has 1 aliphatic heterocycles. The van der Waals surface area contributed by atoms with Crippen LogP contribution in [0.3, 0.4) is 0 Å². The van der Waals surface area contributed by atoms with Gasteiger partial charge in [-0.05, 0) is 92.8 Å². The van der Waals surface area contributed by atoms with Gasteiger partial charge in [0.15, 0.2) is 0 Å². The monoisotopic (exact) mass is 644 g/mol. The van der Waals surface area contributed by atoms with Crippen LogP contribution in [-0.4, -0.2) is 39.8 Å². The van der Waals surface area contributed by atoms with E-state index >= 15 is 0 Å². The normalized spacial score (nSPS) is 21.3. The van der Waals surface area contributed by atoms with Crippen LogP contribution in [0, 0.1) is 17.8 Å². The Kier molecular flexibility index (Phi) is 9.49. The second-order valence-corrected chi connectivity index (χ2v) is 12.3. The van der Waals surface area contributed by atoms with Crippen LogP contribution in [0.1, 0.15) is 45.1 Å². The Morgan fingerprint density at radius 1 is 1.05 bits per heavy atom. The molecule has 2 amide bonds. The van der Waals surface area contributed by atoms with E-state index < -0.39 is 23.9 Å². The van der Waals surface area contributed by atoms with Gasteiger partial charge >= 0.3 is 0 Å². The fraction of sp³-hybridized carbons (Fsp3) is 0.314. The number of aliphatic hydroxyl groups excluding tert-OH is 2. The zero-order valence-electron chi connectivity index (χ0n) is 24.3. The maximum Gasteiger partial charge on any atom is 0.238 e. The SMILES string of the molecule is CCC1=C([C@H](O)CC/C(C)=C/c2cc(Br)ccc2O)[C@H](CO)[C@@H]2C(=O)N(c3ccc(Nc4ccccc4)cc3)C(=O)[C@@H]2C1. The van der Waals surface area contributed by atoms with Crippen molar-refractivity contribution in [2.45, 2.75) is 45.6 Å². The number of phenols is 1. The van der Waals surface area contributed by atoms with E-state index in [2.05, 4.69) is 21.2 Å². The van der Waals surface area contributed by atoms with E-state index in [1.807, 2.05) is 68.5 Å². The summed E-state index contributed by atoms with van der Waals surface area (Å²) < 4.78 is 0.856. The Balaban J connectivity index is 1.33. The number of rotatable bonds is 10. The molecule has 0 bridgehead atoms. The van der Waals surface area contributed by atoms with Gasteiger partial charge in [0.1, 0.15) is 5.75 Å². The highest BCUT2D eigenvalue weighted by atomic mass is 79.9. The van der Waals surface area contributed by atoms with Gasteiger partial charge in [-0.15, -0.1) is 0 Å². The number of hydrogen-bond donors (Lipinski definition) is 4. The number of allylic oxidation sites excluding steroid dienone is 2. The number of carbonyl (C=O) groups is 2. The van der Waals surface area contributed by atoms with Crippen molar-refractivity contribution >= 4 is 50.9 Å². The number of nitrogens with one attached hydrogen (secondary N) is 1. The van der Waals surface area contributed by atoms with Gasteiger partial charge in [0, 0.05) is 27.3 Å². The summed E-state index contributed by atoms with van der Waals surface area (Å²) >= 11 is 3.43. The molecule has 1 fully saturated rings. The second kappa shape index (κ2) is 13.3. The molecule has 3 aromatic rings. The van der Waals surface area contributed by atoms with Gasteiger partial charge in [0.2, 0.25) is 11.8 Å². The Bertz CT molecular complexity index is 1550. The first-order valence-corrected chi connectivity index (χ1v) is 15.5. The summed E-state index contributed by atoms with van der Waals surface area (Å²) in [6.07, 6.45) is 2.98. The topological polar surface area (TPSA) is 110 Å². The fourth-order valence-corrected chi connectivity index (χ4v) is 6.81. The largest absolute Gasteiger partial charge is 0.507 e. The minimum Gasteiger partial charge on any atom is -0.507 e. The van der Waals surface area contributed by atoms with Crippen LogP contribution in [0.15, 0.2) is 94.0 Å². The maximum absolute atomic E-state index is 13.8. The van der Waals surface area contributed by atoms with Crippen LogP contribution in [-0.2, 0) is 9.59 Å². The molecule has 4 N–H and O–H groups in total. The van der Waals surface area contributed by atoms with Gasteiger partial charge in [-0.2, -0.15) is 0 Å². The highest BCUT2D eigenvalue weighted by molar-refractivity contribution is 9.10. The number of hydrogen-bond acceptors (Lipinski definition) is 6. The van der Waals surface area contributed by atoms with Gasteiger partial charge in [0.05, 0.1) is 30.2 Å². The number of nitrogens with zero attached hydrogens (tertiary/aromatic N) is 1. The Morgan fingerprint density at radius 2 is 1.74 bits per heavy atom. The lowest BCUT2D eigenvalue weighted by Gasteiger charge is -2.36. The smallest absolute Gasteiger partial charge is 0.238 e. The van der Waals surface area contributed by atoms with Gasteiger partial charge in [-0.1, -0.05) is 58.3 Å². The number of imide groups is 1. The van der Waals surface area contributed by atoms with Crippen molar-refractivity contribution in [2.75, 3.05) is 16.8 Å². The molecule has 2 aliphatic rings. The summed E-state index contributed by atoms with van der Waals surface area (Å²) in [5.74, 6) is -2.35. The third-order valence-corrected chi connectivity index (χ3v) is 9.05. The first kappa shape index (κ1) is 30.7. The number of phenolic OH excluding ortho intramolecular Hbond substituents is 1. The molecule has 43 heavy (non-hydrogen) atoms. The molecule has 4 atom stereocenters. The number of benzene rings is 3. The van der Waals surface area contributed by atoms with Gasteiger partial charge in [-0.25, -0.2) is 0 Å². The summed E-state index contributed by atoms with van der Waals surface area (Å²) in [6, 6.07) is 22.1. The van der Waals surface area contributed by atoms with E-state index in [0.29, 0.717) is 42.5 Å². The average Bonchev–Trinajstić information content (AvgIpc) is 3.26. The van der Waals surface area contributed by atoms with Crippen molar-refractivity contribution in [3.05, 3.63) is 99.6 Å². The third-order valence-electron chi connectivity index (χ3n) is 8.56. The number of aromatic hydroxyl groups is 1. The zero-order chi connectivity index (χ0) is 30.7. The summed E-state index contributed by atoms with van der Waals surface area (Å²) in [5, 5.41) is 35.5. The third kappa shape index (κ3) is 6.47. The highest BCUT2D eigenvalue weighted by Crippen LogP contribution is 2.48. The summed E-state index contributed by atoms with van der Waals surface area (Å²) in [4.78, 5) is 28.7. The first-order chi connectivity index (χ1) is 20.7. The molecule has 0 radical (unpaired) electrons. The molecule has 7 nitrogen and oxygen atoms in total. The molecule has 0 saturated carbocycles. The van der Waals surface area contributed by atoms with E-state index in [1.165, 1.54) is 4.90 Å². The first-order valence-electron chi connectivity index (χ1n) is 14.7. The van der Waals surface area contributed by atoms with Gasteiger partial charge in [0.25, 0.3) is 0 Å². The van der Waals surface area contributed by atoms with Gasteiger partial charge in [-0.3, -0.25) is 14.5 Å². The number of carbonyl (C=O) groups excluding carboxylic acids is 2. The summed E-state index contributed by atoms with van der Waals surface area (Å²) in [6.45, 7) is 3.60. The van der Waals surface area contributed by atoms with Crippen molar-refractivity contribution in [1.29, 1.82) is 0 Å². The number of aliphatic hydroxyl groups is 2. The molecule has 1 aliphatic carbocycles. The van der Waals surface area contributed by atoms with Crippen LogP contribution in [0.2, 0.25) is 0 Å². The number of anilines is 3. The lowest BCUT2D eigenvalue weighted by molar-refractivity contribution is -0.123. The molecule has 1 heterocycles. The van der Waals surface area contributed by atoms with Crippen molar-refractivity contribution in [3.8, 4) is 5.75 Å². The number of fused-ring (bicyclic) bond motifs is 1. The molecular formula is C35H37BrN2O5. The summed E-state index contributed by atoms with van der Waals surface area (Å²) in [5.41, 5.74) is 5.54. The predicted molar refractivity (Wildman–Crippen MR) is 173 cm³/mol. The predicted octanol–water partition coefficient (Wildman–Crippen LogP) is 6.97. The quantitative estimate of drug-likeness (QED) is 0.140. The Hall–Kier alpha value is -3.72. The molecule has 0 spiro atoms. The van der Waals surface area contributed by atoms with Crippen LogP contribution in [0.4, 0.5) is 17.1 Å². The Morgan fingerprint density at radius 3 is 2.42 bits per heavy atom. The van der Waals surface area contributed by atoms with Crippen LogP contribution in [0.5, 0.6) is 5.75 Å². The molecule has 0 unspecified atom stereocenters. The van der Waals surface area contributed by atoms with Crippen LogP contribution >= 0.6 is 15.9 Å². The average molecular weight is 646 g/mol. The van der Waals surface area contributed by atoms with E-state index in [9.17, 15) is 24.9 Å². The number of amides is 2. The summed E-state index contributed by atoms with van der Waals surface area (Å²) in [7, 11) is 0. The lowest BCUT2D eigenvalue weighted by atomic mass is 9.67. The second-order valence-electron chi connectivity index (χ2n) is 11.3. The molecular weight excluding hydrogens is 608 g/mol. The zero-order valence-corrected chi connectivity index (χ0v) is 25.9. The Labute approximate surface area is 260 Å². The fourth-order valence-electron chi connectivity index (χ4n) is 6.43. The van der Waals surface area contributed by atoms with E-state index in [0.717, 1.165) is 27.0 Å². The van der Waals surface area contributed by atoms with Crippen molar-refractivity contribution < 1.29 is 24.9 Å². The lowest BCUT2D eigenvalue weighted by Crippen LogP contribution is -2.39. The molecule has 224 valence electrons. The van der Waals surface area contributed by atoms with Crippen molar-refractivity contribution in [1.82, 2.24) is 0 Å². The van der Waals surface area contributed by atoms with Crippen LogP contribution < -0.4 is 10.2 Å². The highest BCUT2D eigenvalue weighted by Gasteiger charge is 2.55. The standard InChI is InChI=1S/C35H37BrN2O5/c1-3-22-19-28-33(29(20-39)32(22)31(41)15-9-21(2)17-23-18-24(36)10-16-30(23)40)35(43)38(34(28)42)27-13-11-26(12-14-27)37-25-7-5-4-6-8-25/h4-8,10-14,16-18,28-29,31,33,37,39-41H,3,9,15,19-20H2,1-2H3/b21-17+/t28-,29+,31-,33-/m1/s1. The van der Waals surface area contributed by atoms with E-state index in [-0.39, 0.29) is 24.2 Å². The van der Waals surface area contributed by atoms with Gasteiger partial charge < -0.3 is 20.6 Å². The van der Waals surface area contributed by atoms with Crippen molar-refractivity contribution in [3.63, 3.8) is 0 Å². The number of para-hydroxylation sites is 1. The molecule has 5 rings (SSSR count). The minimum absolute atomic E-state index is 0.175. The van der Waals surface area contributed by atoms with E-state index in [4.69, 9.17) is 0 Å². The minimum atomic E-state index is -0.868. The van der Waals surface area contributed by atoms with Crippen molar-refractivity contribution in [2.24, 2.45) is 17.8 Å². The number of halogens is 1. The molecule has 3 aromatic carbocycles. The van der Waals surface area contributed by atoms with E-state index in [1.54, 1.807) is 24.3 Å². The molecule has 8 heteroatoms.